The van der Waals surface area contributed by atoms with Gasteiger partial charge >= 0.3 is 0 Å². The van der Waals surface area contributed by atoms with E-state index in [2.05, 4.69) is 40.1 Å². The standard InChI is InChI=1S/C21H29N3O2S/c1-15-10-11-27-20(15)14-24-21(22-2)23-13-16-8-9-18(19(12-16)25-3)26-17-6-4-5-7-17/h8-12,17H,4-7,13-14H2,1-3H3,(H2,22,23,24). The number of nitrogens with one attached hydrogen (secondary N) is 2. The van der Waals surface area contributed by atoms with Crippen molar-refractivity contribution in [2.45, 2.75) is 51.8 Å². The monoisotopic (exact) mass is 387 g/mol. The molecule has 0 spiro atoms. The largest absolute Gasteiger partial charge is 0.493 e. The van der Waals surface area contributed by atoms with Crippen LogP contribution in [0.15, 0.2) is 34.6 Å². The zero-order valence-corrected chi connectivity index (χ0v) is 17.2. The first-order chi connectivity index (χ1) is 13.2. The van der Waals surface area contributed by atoms with Gasteiger partial charge in [-0.1, -0.05) is 6.07 Å². The minimum Gasteiger partial charge on any atom is -0.493 e. The Kier molecular flexibility index (Phi) is 6.98. The molecule has 1 aliphatic carbocycles. The molecular weight excluding hydrogens is 358 g/mol. The maximum absolute atomic E-state index is 6.11. The molecule has 3 rings (SSSR count). The molecule has 2 N–H and O–H groups in total. The van der Waals surface area contributed by atoms with E-state index in [9.17, 15) is 0 Å². The second kappa shape index (κ2) is 9.65. The zero-order chi connectivity index (χ0) is 19.1. The lowest BCUT2D eigenvalue weighted by atomic mass is 10.2. The molecule has 146 valence electrons. The van der Waals surface area contributed by atoms with Gasteiger partial charge in [0.2, 0.25) is 0 Å². The minimum atomic E-state index is 0.326. The summed E-state index contributed by atoms with van der Waals surface area (Å²) in [6.45, 7) is 3.58. The number of ether oxygens (including phenoxy) is 2. The van der Waals surface area contributed by atoms with Crippen molar-refractivity contribution in [1.82, 2.24) is 10.6 Å². The average Bonchev–Trinajstić information content (AvgIpc) is 3.34. The Labute approximate surface area is 165 Å². The minimum absolute atomic E-state index is 0.326. The molecule has 1 aliphatic rings. The van der Waals surface area contributed by atoms with Crippen molar-refractivity contribution >= 4 is 17.3 Å². The molecular formula is C21H29N3O2S. The Bertz CT molecular complexity index is 767. The summed E-state index contributed by atoms with van der Waals surface area (Å²) in [5.41, 5.74) is 2.44. The van der Waals surface area contributed by atoms with E-state index in [1.54, 1.807) is 25.5 Å². The normalized spacial score (nSPS) is 15.0. The fourth-order valence-corrected chi connectivity index (χ4v) is 4.11. The van der Waals surface area contributed by atoms with Gasteiger partial charge in [-0.25, -0.2) is 0 Å². The number of nitrogens with zero attached hydrogens (tertiary/aromatic N) is 1. The molecule has 1 aromatic heterocycles. The van der Waals surface area contributed by atoms with Gasteiger partial charge in [-0.3, -0.25) is 4.99 Å². The highest BCUT2D eigenvalue weighted by Crippen LogP contribution is 2.32. The van der Waals surface area contributed by atoms with Crippen LogP contribution in [-0.2, 0) is 13.1 Å². The molecule has 1 heterocycles. The van der Waals surface area contributed by atoms with Gasteiger partial charge in [-0.2, -0.15) is 0 Å². The fourth-order valence-electron chi connectivity index (χ4n) is 3.26. The van der Waals surface area contributed by atoms with Crippen LogP contribution in [0.25, 0.3) is 0 Å². The number of aliphatic imine (C=N–C) groups is 1. The summed E-state index contributed by atoms with van der Waals surface area (Å²) in [4.78, 5) is 5.63. The molecule has 2 aromatic rings. The highest BCUT2D eigenvalue weighted by Gasteiger charge is 2.18. The fraction of sp³-hybridized carbons (Fsp3) is 0.476. The van der Waals surface area contributed by atoms with Crippen LogP contribution in [0, 0.1) is 6.92 Å². The third-order valence-corrected chi connectivity index (χ3v) is 5.91. The molecule has 27 heavy (non-hydrogen) atoms. The summed E-state index contributed by atoms with van der Waals surface area (Å²) in [5.74, 6) is 2.41. The van der Waals surface area contributed by atoms with Crippen LogP contribution in [-0.4, -0.2) is 26.2 Å². The maximum atomic E-state index is 6.11. The molecule has 0 aliphatic heterocycles. The number of thiophene rings is 1. The van der Waals surface area contributed by atoms with Crippen molar-refractivity contribution in [1.29, 1.82) is 0 Å². The number of rotatable bonds is 7. The Balaban J connectivity index is 1.55. The Hall–Kier alpha value is -2.21. The van der Waals surface area contributed by atoms with Crippen LogP contribution in [0.1, 0.15) is 41.7 Å². The first-order valence-electron chi connectivity index (χ1n) is 9.50. The van der Waals surface area contributed by atoms with E-state index >= 15 is 0 Å². The SMILES string of the molecule is CN=C(NCc1ccc(OC2CCCC2)c(OC)c1)NCc1sccc1C. The topological polar surface area (TPSA) is 54.9 Å². The smallest absolute Gasteiger partial charge is 0.191 e. The van der Waals surface area contributed by atoms with Gasteiger partial charge in [-0.05, 0) is 67.3 Å². The summed E-state index contributed by atoms with van der Waals surface area (Å²) in [5, 5.41) is 8.84. The van der Waals surface area contributed by atoms with Gasteiger partial charge in [0.15, 0.2) is 17.5 Å². The molecule has 0 radical (unpaired) electrons. The van der Waals surface area contributed by atoms with E-state index in [4.69, 9.17) is 9.47 Å². The van der Waals surface area contributed by atoms with Crippen molar-refractivity contribution in [2.24, 2.45) is 4.99 Å². The number of aryl methyl sites for hydroxylation is 1. The van der Waals surface area contributed by atoms with Crippen LogP contribution in [0.2, 0.25) is 0 Å². The van der Waals surface area contributed by atoms with Crippen molar-refractivity contribution in [2.75, 3.05) is 14.2 Å². The van der Waals surface area contributed by atoms with Crippen molar-refractivity contribution in [3.05, 3.63) is 45.6 Å². The zero-order valence-electron chi connectivity index (χ0n) is 16.4. The highest BCUT2D eigenvalue weighted by molar-refractivity contribution is 7.10. The quantitative estimate of drug-likeness (QED) is 0.551. The van der Waals surface area contributed by atoms with Gasteiger partial charge in [0.1, 0.15) is 0 Å². The molecule has 0 bridgehead atoms. The number of methoxy groups -OCH3 is 1. The van der Waals surface area contributed by atoms with E-state index in [1.165, 1.54) is 23.3 Å². The molecule has 0 unspecified atom stereocenters. The third-order valence-electron chi connectivity index (χ3n) is 4.89. The summed E-state index contributed by atoms with van der Waals surface area (Å²) in [7, 11) is 3.48. The van der Waals surface area contributed by atoms with Crippen LogP contribution in [0.5, 0.6) is 11.5 Å². The highest BCUT2D eigenvalue weighted by atomic mass is 32.1. The van der Waals surface area contributed by atoms with Crippen molar-refractivity contribution < 1.29 is 9.47 Å². The lowest BCUT2D eigenvalue weighted by Crippen LogP contribution is -2.36. The van der Waals surface area contributed by atoms with Crippen LogP contribution < -0.4 is 20.1 Å². The van der Waals surface area contributed by atoms with E-state index in [0.29, 0.717) is 12.6 Å². The Morgan fingerprint density at radius 3 is 2.59 bits per heavy atom. The Morgan fingerprint density at radius 1 is 1.15 bits per heavy atom. The predicted molar refractivity (Wildman–Crippen MR) is 112 cm³/mol. The summed E-state index contributed by atoms with van der Waals surface area (Å²) in [6, 6.07) is 8.27. The van der Waals surface area contributed by atoms with Gasteiger partial charge in [-0.15, -0.1) is 11.3 Å². The van der Waals surface area contributed by atoms with E-state index in [1.807, 2.05) is 12.1 Å². The molecule has 0 amide bonds. The summed E-state index contributed by atoms with van der Waals surface area (Å²) < 4.78 is 11.7. The van der Waals surface area contributed by atoms with Gasteiger partial charge in [0.05, 0.1) is 19.8 Å². The van der Waals surface area contributed by atoms with Crippen LogP contribution in [0.3, 0.4) is 0 Å². The average molecular weight is 388 g/mol. The summed E-state index contributed by atoms with van der Waals surface area (Å²) in [6.07, 6.45) is 5.11. The number of guanidine groups is 1. The van der Waals surface area contributed by atoms with Crippen molar-refractivity contribution in [3.8, 4) is 11.5 Å². The van der Waals surface area contributed by atoms with Crippen LogP contribution >= 0.6 is 11.3 Å². The number of hydrogen-bond acceptors (Lipinski definition) is 4. The molecule has 1 aromatic carbocycles. The molecule has 1 fully saturated rings. The van der Waals surface area contributed by atoms with Gasteiger partial charge < -0.3 is 20.1 Å². The molecule has 0 atom stereocenters. The Morgan fingerprint density at radius 2 is 1.93 bits per heavy atom. The number of hydrogen-bond donors (Lipinski definition) is 2. The number of benzene rings is 1. The molecule has 6 heteroatoms. The predicted octanol–water partition coefficient (Wildman–Crippen LogP) is 4.25. The summed E-state index contributed by atoms with van der Waals surface area (Å²) >= 11 is 1.76. The second-order valence-electron chi connectivity index (χ2n) is 6.82. The molecule has 1 saturated carbocycles. The first kappa shape index (κ1) is 19.5. The first-order valence-corrected chi connectivity index (χ1v) is 10.4. The van der Waals surface area contributed by atoms with E-state index < -0.39 is 0 Å². The van der Waals surface area contributed by atoms with E-state index in [-0.39, 0.29) is 0 Å². The molecule has 0 saturated heterocycles. The van der Waals surface area contributed by atoms with Gasteiger partial charge in [0, 0.05) is 18.5 Å². The lowest BCUT2D eigenvalue weighted by molar-refractivity contribution is 0.200. The van der Waals surface area contributed by atoms with Crippen LogP contribution in [0.4, 0.5) is 0 Å². The molecule has 5 nitrogen and oxygen atoms in total. The lowest BCUT2D eigenvalue weighted by Gasteiger charge is -2.17. The maximum Gasteiger partial charge on any atom is 0.191 e. The van der Waals surface area contributed by atoms with E-state index in [0.717, 1.165) is 42.4 Å². The second-order valence-corrected chi connectivity index (χ2v) is 7.82. The van der Waals surface area contributed by atoms with Gasteiger partial charge in [0.25, 0.3) is 0 Å². The van der Waals surface area contributed by atoms with Crippen molar-refractivity contribution in [3.63, 3.8) is 0 Å². The third kappa shape index (κ3) is 5.39.